The number of methoxy groups -OCH3 is 1. The van der Waals surface area contributed by atoms with Gasteiger partial charge in [-0.15, -0.1) is 0 Å². The van der Waals surface area contributed by atoms with Crippen LogP contribution in [0.1, 0.15) is 20.8 Å². The molecule has 0 spiro atoms. The molecule has 6 nitrogen and oxygen atoms in total. The van der Waals surface area contributed by atoms with Crippen molar-refractivity contribution < 1.29 is 14.3 Å². The van der Waals surface area contributed by atoms with Crippen molar-refractivity contribution in [1.82, 2.24) is 0 Å². The summed E-state index contributed by atoms with van der Waals surface area (Å²) < 4.78 is 10.7. The van der Waals surface area contributed by atoms with Crippen LogP contribution >= 0.6 is 0 Å². The van der Waals surface area contributed by atoms with Crippen LogP contribution in [0.5, 0.6) is 5.75 Å². The molecule has 0 aliphatic heterocycles. The predicted molar refractivity (Wildman–Crippen MR) is 114 cm³/mol. The van der Waals surface area contributed by atoms with E-state index >= 15 is 0 Å². The zero-order chi connectivity index (χ0) is 20.3. The summed E-state index contributed by atoms with van der Waals surface area (Å²) in [6, 6.07) is 17.3. The Morgan fingerprint density at radius 1 is 1.00 bits per heavy atom. The number of nitrogens with two attached hydrogens (primary N) is 1. The first-order valence-corrected chi connectivity index (χ1v) is 8.99. The van der Waals surface area contributed by atoms with Crippen LogP contribution in [0.4, 0.5) is 27.5 Å². The molecule has 28 heavy (non-hydrogen) atoms. The molecule has 3 rings (SSSR count). The van der Waals surface area contributed by atoms with Crippen LogP contribution in [0.3, 0.4) is 0 Å². The SMILES string of the molecule is COc1cc(Nc2ccc3ccccc3c2N)ccc1NC(=O)OC(C)(C)C. The van der Waals surface area contributed by atoms with Crippen LogP contribution < -0.4 is 21.1 Å². The van der Waals surface area contributed by atoms with Crippen LogP contribution in [0.15, 0.2) is 54.6 Å². The third-order valence-electron chi connectivity index (χ3n) is 4.09. The predicted octanol–water partition coefficient (Wildman–Crippen LogP) is 5.52. The molecular weight excluding hydrogens is 354 g/mol. The lowest BCUT2D eigenvalue weighted by Gasteiger charge is -2.20. The number of nitrogen functional groups attached to an aromatic ring is 1. The second-order valence-corrected chi connectivity index (χ2v) is 7.41. The maximum atomic E-state index is 12.0. The topological polar surface area (TPSA) is 85.6 Å². The molecule has 1 amide bonds. The second kappa shape index (κ2) is 7.68. The number of anilines is 4. The van der Waals surface area contributed by atoms with E-state index in [9.17, 15) is 4.79 Å². The molecule has 0 bridgehead atoms. The molecule has 3 aromatic rings. The normalized spacial score (nSPS) is 11.1. The highest BCUT2D eigenvalue weighted by atomic mass is 16.6. The third kappa shape index (κ3) is 4.46. The van der Waals surface area contributed by atoms with Gasteiger partial charge in [0, 0.05) is 17.1 Å². The quantitative estimate of drug-likeness (QED) is 0.520. The first-order chi connectivity index (χ1) is 13.3. The Hall–Kier alpha value is -3.41. The van der Waals surface area contributed by atoms with Gasteiger partial charge in [-0.3, -0.25) is 5.32 Å². The van der Waals surface area contributed by atoms with Gasteiger partial charge in [0.15, 0.2) is 0 Å². The van der Waals surface area contributed by atoms with Crippen LogP contribution in [0, 0.1) is 0 Å². The molecule has 0 atom stereocenters. The van der Waals surface area contributed by atoms with Crippen molar-refractivity contribution in [3.05, 3.63) is 54.6 Å². The summed E-state index contributed by atoms with van der Waals surface area (Å²) in [5.41, 5.74) is 8.53. The molecule has 0 radical (unpaired) electrons. The monoisotopic (exact) mass is 379 g/mol. The number of carbonyl (C=O) groups is 1. The summed E-state index contributed by atoms with van der Waals surface area (Å²) in [5, 5.41) is 8.09. The number of nitrogens with one attached hydrogen (secondary N) is 2. The minimum Gasteiger partial charge on any atom is -0.494 e. The fourth-order valence-electron chi connectivity index (χ4n) is 2.85. The highest BCUT2D eigenvalue weighted by molar-refractivity contribution is 5.99. The Bertz CT molecular complexity index is 1010. The molecule has 4 N–H and O–H groups in total. The van der Waals surface area contributed by atoms with E-state index in [-0.39, 0.29) is 0 Å². The van der Waals surface area contributed by atoms with Gasteiger partial charge in [0.2, 0.25) is 0 Å². The Morgan fingerprint density at radius 2 is 1.71 bits per heavy atom. The van der Waals surface area contributed by atoms with E-state index in [4.69, 9.17) is 15.2 Å². The molecule has 6 heteroatoms. The Balaban J connectivity index is 1.82. The van der Waals surface area contributed by atoms with Gasteiger partial charge < -0.3 is 20.5 Å². The summed E-state index contributed by atoms with van der Waals surface area (Å²) in [6.07, 6.45) is -0.537. The van der Waals surface area contributed by atoms with Crippen molar-refractivity contribution in [3.8, 4) is 5.75 Å². The Kier molecular flexibility index (Phi) is 5.31. The molecule has 0 heterocycles. The van der Waals surface area contributed by atoms with Gasteiger partial charge in [0.25, 0.3) is 0 Å². The third-order valence-corrected chi connectivity index (χ3v) is 4.09. The van der Waals surface area contributed by atoms with Crippen molar-refractivity contribution in [2.24, 2.45) is 0 Å². The molecule has 0 aliphatic rings. The van der Waals surface area contributed by atoms with Crippen molar-refractivity contribution in [3.63, 3.8) is 0 Å². The van der Waals surface area contributed by atoms with E-state index in [1.165, 1.54) is 0 Å². The van der Waals surface area contributed by atoms with Gasteiger partial charge in [-0.05, 0) is 44.4 Å². The number of hydrogen-bond donors (Lipinski definition) is 3. The van der Waals surface area contributed by atoms with Gasteiger partial charge in [-0.25, -0.2) is 4.79 Å². The van der Waals surface area contributed by atoms with Gasteiger partial charge in [0.1, 0.15) is 11.4 Å². The smallest absolute Gasteiger partial charge is 0.412 e. The van der Waals surface area contributed by atoms with Crippen molar-refractivity contribution in [2.75, 3.05) is 23.5 Å². The van der Waals surface area contributed by atoms with Crippen LogP contribution in [-0.2, 0) is 4.74 Å². The van der Waals surface area contributed by atoms with Crippen molar-refractivity contribution in [2.45, 2.75) is 26.4 Å². The first-order valence-electron chi connectivity index (χ1n) is 8.99. The minimum absolute atomic E-state index is 0.509. The molecular formula is C22H25N3O3. The van der Waals surface area contributed by atoms with Gasteiger partial charge in [-0.1, -0.05) is 30.3 Å². The van der Waals surface area contributed by atoms with Crippen LogP contribution in [0.2, 0.25) is 0 Å². The second-order valence-electron chi connectivity index (χ2n) is 7.41. The van der Waals surface area contributed by atoms with E-state index in [0.29, 0.717) is 17.1 Å². The summed E-state index contributed by atoms with van der Waals surface area (Å²) in [4.78, 5) is 12.0. The number of carbonyl (C=O) groups excluding carboxylic acids is 1. The van der Waals surface area contributed by atoms with Gasteiger partial charge in [0.05, 0.1) is 24.2 Å². The summed E-state index contributed by atoms with van der Waals surface area (Å²) in [6.45, 7) is 5.43. The molecule has 146 valence electrons. The fourth-order valence-corrected chi connectivity index (χ4v) is 2.85. The zero-order valence-electron chi connectivity index (χ0n) is 16.5. The van der Waals surface area contributed by atoms with Gasteiger partial charge in [-0.2, -0.15) is 0 Å². The van der Waals surface area contributed by atoms with E-state index in [1.54, 1.807) is 19.2 Å². The highest BCUT2D eigenvalue weighted by Crippen LogP contribution is 2.34. The standard InChI is InChI=1S/C22H25N3O3/c1-22(2,3)28-21(26)25-17-12-10-15(13-19(17)27-4)24-18-11-9-14-7-5-6-8-16(14)20(18)23/h5-13,24H,23H2,1-4H3,(H,25,26). The van der Waals surface area contributed by atoms with Crippen molar-refractivity contribution >= 4 is 39.6 Å². The molecule has 0 aliphatic carbocycles. The molecule has 0 aromatic heterocycles. The Labute approximate surface area is 164 Å². The molecule has 0 fully saturated rings. The zero-order valence-corrected chi connectivity index (χ0v) is 16.5. The maximum Gasteiger partial charge on any atom is 0.412 e. The first kappa shape index (κ1) is 19.4. The average Bonchev–Trinajstić information content (AvgIpc) is 2.64. The van der Waals surface area contributed by atoms with E-state index in [0.717, 1.165) is 22.1 Å². The van der Waals surface area contributed by atoms with E-state index < -0.39 is 11.7 Å². The maximum absolute atomic E-state index is 12.0. The number of fused-ring (bicyclic) bond motifs is 1. The summed E-state index contributed by atoms with van der Waals surface area (Å²) in [5.74, 6) is 0.509. The number of rotatable bonds is 4. The van der Waals surface area contributed by atoms with Crippen molar-refractivity contribution in [1.29, 1.82) is 0 Å². The van der Waals surface area contributed by atoms with Gasteiger partial charge >= 0.3 is 6.09 Å². The van der Waals surface area contributed by atoms with Crippen LogP contribution in [-0.4, -0.2) is 18.8 Å². The highest BCUT2D eigenvalue weighted by Gasteiger charge is 2.17. The Morgan fingerprint density at radius 3 is 2.43 bits per heavy atom. The lowest BCUT2D eigenvalue weighted by atomic mass is 10.1. The molecule has 0 saturated carbocycles. The lowest BCUT2D eigenvalue weighted by Crippen LogP contribution is -2.27. The minimum atomic E-state index is -0.577. The molecule has 0 unspecified atom stereocenters. The average molecular weight is 379 g/mol. The lowest BCUT2D eigenvalue weighted by molar-refractivity contribution is 0.0635. The molecule has 0 saturated heterocycles. The number of amides is 1. The number of hydrogen-bond acceptors (Lipinski definition) is 5. The fraction of sp³-hybridized carbons (Fsp3) is 0.227. The molecule has 3 aromatic carbocycles. The van der Waals surface area contributed by atoms with E-state index in [1.807, 2.05) is 63.2 Å². The number of benzene rings is 3. The van der Waals surface area contributed by atoms with Crippen LogP contribution in [0.25, 0.3) is 10.8 Å². The number of ether oxygens (including phenoxy) is 2. The largest absolute Gasteiger partial charge is 0.494 e. The van der Waals surface area contributed by atoms with E-state index in [2.05, 4.69) is 10.6 Å². The summed E-state index contributed by atoms with van der Waals surface area (Å²) in [7, 11) is 1.55. The summed E-state index contributed by atoms with van der Waals surface area (Å²) >= 11 is 0.